The predicted molar refractivity (Wildman–Crippen MR) is 84.1 cm³/mol. The van der Waals surface area contributed by atoms with E-state index in [9.17, 15) is 13.2 Å². The zero-order valence-electron chi connectivity index (χ0n) is 13.1. The van der Waals surface area contributed by atoms with Gasteiger partial charge in [-0.15, -0.1) is 0 Å². The molecule has 0 saturated heterocycles. The molecule has 0 saturated carbocycles. The lowest BCUT2D eigenvalue weighted by Crippen LogP contribution is -2.48. The van der Waals surface area contributed by atoms with Crippen LogP contribution in [-0.2, 0) is 17.1 Å². The van der Waals surface area contributed by atoms with Crippen LogP contribution in [0.4, 0.5) is 0 Å². The molecule has 2 rings (SSSR count). The van der Waals surface area contributed by atoms with Crippen LogP contribution in [0.15, 0.2) is 32.3 Å². The summed E-state index contributed by atoms with van der Waals surface area (Å²) in [5.41, 5.74) is 6.12. The molecule has 0 radical (unpaired) electrons. The number of hydrogen-bond donors (Lipinski definition) is 2. The fraction of sp³-hybridized carbons (Fsp3) is 0.500. The number of hydrogen-bond acceptors (Lipinski definition) is 5. The van der Waals surface area contributed by atoms with E-state index in [0.29, 0.717) is 5.52 Å². The number of nitrogens with one attached hydrogen (secondary N) is 1. The molecule has 122 valence electrons. The highest BCUT2D eigenvalue weighted by molar-refractivity contribution is 7.89. The Morgan fingerprint density at radius 2 is 2.00 bits per heavy atom. The van der Waals surface area contributed by atoms with Gasteiger partial charge in [-0.25, -0.2) is 17.9 Å². The zero-order valence-corrected chi connectivity index (χ0v) is 13.9. The molecule has 0 aliphatic heterocycles. The molecule has 3 N–H and O–H groups in total. The standard InChI is InChI=1S/C14H21N3O4S/c1-14(2,3)12(8-15)16-22(19,20)9-5-6-10-11(7-9)21-13(18)17(10)4/h5-7,12,16H,8,15H2,1-4H3. The lowest BCUT2D eigenvalue weighted by Gasteiger charge is -2.30. The fourth-order valence-corrected chi connectivity index (χ4v) is 3.58. The smallest absolute Gasteiger partial charge is 0.408 e. The summed E-state index contributed by atoms with van der Waals surface area (Å²) in [5, 5.41) is 0. The molecule has 7 nitrogen and oxygen atoms in total. The van der Waals surface area contributed by atoms with Crippen LogP contribution in [0, 0.1) is 5.41 Å². The van der Waals surface area contributed by atoms with Crippen LogP contribution in [-0.4, -0.2) is 25.6 Å². The fourth-order valence-electron chi connectivity index (χ4n) is 2.12. The van der Waals surface area contributed by atoms with Gasteiger partial charge in [0.1, 0.15) is 0 Å². The highest BCUT2D eigenvalue weighted by atomic mass is 32.2. The Morgan fingerprint density at radius 1 is 1.36 bits per heavy atom. The minimum Gasteiger partial charge on any atom is -0.408 e. The molecule has 0 amide bonds. The number of aromatic nitrogens is 1. The van der Waals surface area contributed by atoms with Crippen molar-refractivity contribution in [3.8, 4) is 0 Å². The minimum atomic E-state index is -3.75. The van der Waals surface area contributed by atoms with Crippen LogP contribution in [0.2, 0.25) is 0 Å². The quantitative estimate of drug-likeness (QED) is 0.863. The van der Waals surface area contributed by atoms with E-state index in [-0.39, 0.29) is 22.4 Å². The summed E-state index contributed by atoms with van der Waals surface area (Å²) in [4.78, 5) is 11.5. The van der Waals surface area contributed by atoms with Gasteiger partial charge in [0, 0.05) is 25.7 Å². The van der Waals surface area contributed by atoms with Crippen molar-refractivity contribution in [3.63, 3.8) is 0 Å². The number of nitrogens with two attached hydrogens (primary N) is 1. The Labute approximate surface area is 129 Å². The molecule has 1 aromatic carbocycles. The first-order valence-electron chi connectivity index (χ1n) is 6.88. The van der Waals surface area contributed by atoms with Crippen LogP contribution < -0.4 is 16.2 Å². The van der Waals surface area contributed by atoms with E-state index >= 15 is 0 Å². The highest BCUT2D eigenvalue weighted by Gasteiger charge is 2.29. The van der Waals surface area contributed by atoms with Crippen molar-refractivity contribution in [1.29, 1.82) is 0 Å². The van der Waals surface area contributed by atoms with E-state index in [1.54, 1.807) is 13.1 Å². The molecular formula is C14H21N3O4S. The van der Waals surface area contributed by atoms with Crippen molar-refractivity contribution >= 4 is 21.1 Å². The van der Waals surface area contributed by atoms with Gasteiger partial charge in [0.05, 0.1) is 10.4 Å². The van der Waals surface area contributed by atoms with E-state index in [0.717, 1.165) is 0 Å². The van der Waals surface area contributed by atoms with Crippen molar-refractivity contribution in [2.75, 3.05) is 6.54 Å². The number of oxazole rings is 1. The van der Waals surface area contributed by atoms with E-state index in [1.807, 2.05) is 20.8 Å². The van der Waals surface area contributed by atoms with Gasteiger partial charge in [0.2, 0.25) is 10.0 Å². The van der Waals surface area contributed by atoms with Gasteiger partial charge < -0.3 is 10.2 Å². The summed E-state index contributed by atoms with van der Waals surface area (Å²) in [6.45, 7) is 5.91. The van der Waals surface area contributed by atoms with Gasteiger partial charge in [-0.2, -0.15) is 0 Å². The van der Waals surface area contributed by atoms with Gasteiger partial charge >= 0.3 is 5.76 Å². The van der Waals surface area contributed by atoms with Crippen LogP contribution in [0.1, 0.15) is 20.8 Å². The molecule has 22 heavy (non-hydrogen) atoms. The van der Waals surface area contributed by atoms with Gasteiger partial charge in [-0.1, -0.05) is 20.8 Å². The summed E-state index contributed by atoms with van der Waals surface area (Å²) in [6.07, 6.45) is 0. The third kappa shape index (κ3) is 3.08. The molecular weight excluding hydrogens is 306 g/mol. The SMILES string of the molecule is Cn1c(=O)oc2cc(S(=O)(=O)NC(CN)C(C)(C)C)ccc21. The van der Waals surface area contributed by atoms with Crippen molar-refractivity contribution in [3.05, 3.63) is 28.7 Å². The number of sulfonamides is 1. The lowest BCUT2D eigenvalue weighted by molar-refractivity contribution is 0.304. The Morgan fingerprint density at radius 3 is 2.55 bits per heavy atom. The van der Waals surface area contributed by atoms with Crippen molar-refractivity contribution in [2.24, 2.45) is 18.2 Å². The predicted octanol–water partition coefficient (Wildman–Crippen LogP) is 0.783. The maximum absolute atomic E-state index is 12.5. The normalized spacial score (nSPS) is 14.4. The Hall–Kier alpha value is -1.64. The summed E-state index contributed by atoms with van der Waals surface area (Å²) in [6, 6.07) is 3.92. The van der Waals surface area contributed by atoms with Crippen LogP contribution in [0.25, 0.3) is 11.1 Å². The summed E-state index contributed by atoms with van der Waals surface area (Å²) >= 11 is 0. The zero-order chi connectivity index (χ0) is 16.7. The van der Waals surface area contributed by atoms with Crippen molar-refractivity contribution < 1.29 is 12.8 Å². The maximum Gasteiger partial charge on any atom is 0.419 e. The molecule has 0 fully saturated rings. The highest BCUT2D eigenvalue weighted by Crippen LogP contribution is 2.22. The first-order valence-corrected chi connectivity index (χ1v) is 8.36. The Bertz CT molecular complexity index is 843. The third-order valence-corrected chi connectivity index (χ3v) is 5.12. The molecule has 1 heterocycles. The van der Waals surface area contributed by atoms with Gasteiger partial charge in [0.15, 0.2) is 5.58 Å². The minimum absolute atomic E-state index is 0.0389. The van der Waals surface area contributed by atoms with Gasteiger partial charge in [-0.3, -0.25) is 4.57 Å². The number of benzene rings is 1. The average molecular weight is 327 g/mol. The lowest BCUT2D eigenvalue weighted by atomic mass is 9.88. The number of rotatable bonds is 4. The summed E-state index contributed by atoms with van der Waals surface area (Å²) in [5.74, 6) is -0.535. The second-order valence-corrected chi connectivity index (χ2v) is 8.05. The topological polar surface area (TPSA) is 107 Å². The molecule has 1 atom stereocenters. The number of nitrogens with zero attached hydrogens (tertiary/aromatic N) is 1. The van der Waals surface area contributed by atoms with E-state index < -0.39 is 21.8 Å². The first-order chi connectivity index (χ1) is 10.1. The second kappa shape index (κ2) is 5.53. The molecule has 0 aliphatic rings. The van der Waals surface area contributed by atoms with Crippen LogP contribution in [0.5, 0.6) is 0 Å². The van der Waals surface area contributed by atoms with Crippen LogP contribution >= 0.6 is 0 Å². The van der Waals surface area contributed by atoms with Gasteiger partial charge in [0.25, 0.3) is 0 Å². The molecule has 8 heteroatoms. The number of aryl methyl sites for hydroxylation is 1. The monoisotopic (exact) mass is 327 g/mol. The van der Waals surface area contributed by atoms with Crippen molar-refractivity contribution in [1.82, 2.24) is 9.29 Å². The molecule has 0 spiro atoms. The van der Waals surface area contributed by atoms with Crippen LogP contribution in [0.3, 0.4) is 0 Å². The third-order valence-electron chi connectivity index (χ3n) is 3.65. The van der Waals surface area contributed by atoms with E-state index in [1.165, 1.54) is 16.7 Å². The Balaban J connectivity index is 2.43. The largest absolute Gasteiger partial charge is 0.419 e. The molecule has 1 unspecified atom stereocenters. The summed E-state index contributed by atoms with van der Waals surface area (Å²) < 4.78 is 33.9. The Kier molecular flexibility index (Phi) is 4.20. The van der Waals surface area contributed by atoms with Gasteiger partial charge in [-0.05, 0) is 17.5 Å². The number of fused-ring (bicyclic) bond motifs is 1. The summed E-state index contributed by atoms with van der Waals surface area (Å²) in [7, 11) is -2.19. The van der Waals surface area contributed by atoms with Crippen molar-refractivity contribution in [2.45, 2.75) is 31.7 Å². The molecule has 2 aromatic rings. The average Bonchev–Trinajstić information content (AvgIpc) is 2.70. The second-order valence-electron chi connectivity index (χ2n) is 6.33. The molecule has 0 aliphatic carbocycles. The maximum atomic E-state index is 12.5. The van der Waals surface area contributed by atoms with E-state index in [4.69, 9.17) is 10.2 Å². The first kappa shape index (κ1) is 16.7. The molecule has 0 bridgehead atoms. The van der Waals surface area contributed by atoms with E-state index in [2.05, 4.69) is 4.72 Å². The molecule has 1 aromatic heterocycles.